The van der Waals surface area contributed by atoms with Crippen LogP contribution in [0.1, 0.15) is 37.7 Å². The van der Waals surface area contributed by atoms with Gasteiger partial charge in [0.1, 0.15) is 0 Å². The van der Waals surface area contributed by atoms with Crippen LogP contribution >= 0.6 is 0 Å². The lowest BCUT2D eigenvalue weighted by molar-refractivity contribution is 0.209. The zero-order valence-corrected chi connectivity index (χ0v) is 11.4. The van der Waals surface area contributed by atoms with Gasteiger partial charge in [0.05, 0.1) is 11.0 Å². The maximum atomic E-state index is 11.5. The number of nitrogens with one attached hydrogen (secondary N) is 2. The Labute approximate surface area is 112 Å². The molecule has 1 fully saturated rings. The van der Waals surface area contributed by atoms with Crippen molar-refractivity contribution in [2.75, 3.05) is 19.6 Å². The standard InChI is InChI=1S/C15H21N3O/c1-2-8-18-9-4-5-11(10-18)12-6-3-7-13-14(12)17-15(19)16-13/h3,6-7,11H,2,4-5,8-10H2,1H3,(H2,16,17,19). The Balaban J connectivity index is 1.92. The number of fused-ring (bicyclic) bond motifs is 1. The Morgan fingerprint density at radius 2 is 2.26 bits per heavy atom. The Morgan fingerprint density at radius 1 is 1.37 bits per heavy atom. The van der Waals surface area contributed by atoms with Crippen LogP contribution in [-0.2, 0) is 0 Å². The second-order valence-electron chi connectivity index (χ2n) is 5.49. The van der Waals surface area contributed by atoms with Crippen molar-refractivity contribution in [3.63, 3.8) is 0 Å². The number of aromatic nitrogens is 2. The van der Waals surface area contributed by atoms with E-state index in [9.17, 15) is 4.79 Å². The number of likely N-dealkylation sites (tertiary alicyclic amines) is 1. The van der Waals surface area contributed by atoms with E-state index in [1.807, 2.05) is 12.1 Å². The van der Waals surface area contributed by atoms with Gasteiger partial charge in [-0.1, -0.05) is 19.1 Å². The van der Waals surface area contributed by atoms with Crippen molar-refractivity contribution in [1.29, 1.82) is 0 Å². The summed E-state index contributed by atoms with van der Waals surface area (Å²) in [5, 5.41) is 0. The van der Waals surface area contributed by atoms with E-state index in [1.165, 1.54) is 37.9 Å². The van der Waals surface area contributed by atoms with Crippen LogP contribution in [0, 0.1) is 0 Å². The summed E-state index contributed by atoms with van der Waals surface area (Å²) >= 11 is 0. The fraction of sp³-hybridized carbons (Fsp3) is 0.533. The highest BCUT2D eigenvalue weighted by Gasteiger charge is 2.22. The smallest absolute Gasteiger partial charge is 0.306 e. The van der Waals surface area contributed by atoms with Gasteiger partial charge in [-0.2, -0.15) is 0 Å². The number of nitrogens with zero attached hydrogens (tertiary/aromatic N) is 1. The lowest BCUT2D eigenvalue weighted by Crippen LogP contribution is -2.34. The zero-order chi connectivity index (χ0) is 13.2. The first-order valence-corrected chi connectivity index (χ1v) is 7.21. The third-order valence-electron chi connectivity index (χ3n) is 4.07. The lowest BCUT2D eigenvalue weighted by atomic mass is 9.89. The van der Waals surface area contributed by atoms with Crippen molar-refractivity contribution < 1.29 is 0 Å². The van der Waals surface area contributed by atoms with Crippen molar-refractivity contribution in [1.82, 2.24) is 14.9 Å². The lowest BCUT2D eigenvalue weighted by Gasteiger charge is -2.32. The molecule has 19 heavy (non-hydrogen) atoms. The number of aromatic amines is 2. The monoisotopic (exact) mass is 259 g/mol. The molecule has 0 saturated carbocycles. The fourth-order valence-corrected chi connectivity index (χ4v) is 3.25. The van der Waals surface area contributed by atoms with Crippen LogP contribution in [0.2, 0.25) is 0 Å². The minimum atomic E-state index is -0.108. The second kappa shape index (κ2) is 5.21. The predicted octanol–water partition coefficient (Wildman–Crippen LogP) is 2.45. The topological polar surface area (TPSA) is 51.9 Å². The quantitative estimate of drug-likeness (QED) is 0.889. The van der Waals surface area contributed by atoms with E-state index in [0.717, 1.165) is 17.6 Å². The second-order valence-corrected chi connectivity index (χ2v) is 5.49. The van der Waals surface area contributed by atoms with Crippen LogP contribution < -0.4 is 5.69 Å². The number of imidazole rings is 1. The summed E-state index contributed by atoms with van der Waals surface area (Å²) in [6, 6.07) is 6.16. The number of rotatable bonds is 3. The highest BCUT2D eigenvalue weighted by atomic mass is 16.1. The van der Waals surface area contributed by atoms with E-state index in [4.69, 9.17) is 0 Å². The number of benzene rings is 1. The largest absolute Gasteiger partial charge is 0.323 e. The Bertz CT molecular complexity index is 611. The van der Waals surface area contributed by atoms with Crippen molar-refractivity contribution in [3.8, 4) is 0 Å². The summed E-state index contributed by atoms with van der Waals surface area (Å²) in [4.78, 5) is 19.8. The number of H-pyrrole nitrogens is 2. The molecule has 102 valence electrons. The predicted molar refractivity (Wildman–Crippen MR) is 77.6 cm³/mol. The highest BCUT2D eigenvalue weighted by molar-refractivity contribution is 5.78. The van der Waals surface area contributed by atoms with E-state index >= 15 is 0 Å². The molecule has 1 saturated heterocycles. The molecule has 1 aromatic carbocycles. The van der Waals surface area contributed by atoms with E-state index in [-0.39, 0.29) is 5.69 Å². The van der Waals surface area contributed by atoms with Gasteiger partial charge in [-0.25, -0.2) is 4.79 Å². The summed E-state index contributed by atoms with van der Waals surface area (Å²) in [7, 11) is 0. The van der Waals surface area contributed by atoms with Crippen LogP contribution in [0.4, 0.5) is 0 Å². The van der Waals surface area contributed by atoms with Crippen LogP contribution in [0.25, 0.3) is 11.0 Å². The molecule has 0 aliphatic carbocycles. The Kier molecular flexibility index (Phi) is 3.42. The SMILES string of the molecule is CCCN1CCCC(c2cccc3[nH]c(=O)[nH]c23)C1. The highest BCUT2D eigenvalue weighted by Crippen LogP contribution is 2.30. The molecule has 2 heterocycles. The molecule has 0 spiro atoms. The van der Waals surface area contributed by atoms with Gasteiger partial charge < -0.3 is 14.9 Å². The first-order valence-electron chi connectivity index (χ1n) is 7.21. The molecule has 1 aliphatic heterocycles. The van der Waals surface area contributed by atoms with Crippen molar-refractivity contribution in [3.05, 3.63) is 34.2 Å². The van der Waals surface area contributed by atoms with E-state index in [1.54, 1.807) is 0 Å². The third kappa shape index (κ3) is 2.45. The van der Waals surface area contributed by atoms with Gasteiger partial charge in [0, 0.05) is 6.54 Å². The van der Waals surface area contributed by atoms with Crippen molar-refractivity contribution in [2.24, 2.45) is 0 Å². The molecule has 0 amide bonds. The molecular formula is C15H21N3O. The molecule has 2 N–H and O–H groups in total. The van der Waals surface area contributed by atoms with Crippen LogP contribution in [0.5, 0.6) is 0 Å². The summed E-state index contributed by atoms with van der Waals surface area (Å²) in [5.74, 6) is 0.537. The molecule has 1 aliphatic rings. The average Bonchev–Trinajstić information content (AvgIpc) is 2.79. The maximum absolute atomic E-state index is 11.5. The fourth-order valence-electron chi connectivity index (χ4n) is 3.25. The minimum absolute atomic E-state index is 0.108. The van der Waals surface area contributed by atoms with E-state index < -0.39 is 0 Å². The van der Waals surface area contributed by atoms with Gasteiger partial charge in [-0.15, -0.1) is 0 Å². The van der Waals surface area contributed by atoms with Gasteiger partial charge in [0.2, 0.25) is 0 Å². The molecule has 2 aromatic rings. The molecular weight excluding hydrogens is 238 g/mol. The third-order valence-corrected chi connectivity index (χ3v) is 4.07. The van der Waals surface area contributed by atoms with E-state index in [2.05, 4.69) is 27.9 Å². The van der Waals surface area contributed by atoms with Gasteiger partial charge in [-0.05, 0) is 49.9 Å². The first kappa shape index (κ1) is 12.5. The average molecular weight is 259 g/mol. The number of piperidine rings is 1. The number of para-hydroxylation sites is 1. The minimum Gasteiger partial charge on any atom is -0.306 e. The molecule has 0 bridgehead atoms. The summed E-state index contributed by atoms with van der Waals surface area (Å²) in [6.07, 6.45) is 3.67. The molecule has 0 radical (unpaired) electrons. The van der Waals surface area contributed by atoms with Crippen LogP contribution in [-0.4, -0.2) is 34.5 Å². The number of hydrogen-bond acceptors (Lipinski definition) is 2. The Morgan fingerprint density at radius 3 is 3.11 bits per heavy atom. The molecule has 4 nitrogen and oxygen atoms in total. The normalized spacial score (nSPS) is 21.0. The van der Waals surface area contributed by atoms with Gasteiger partial charge in [-0.3, -0.25) is 0 Å². The summed E-state index contributed by atoms with van der Waals surface area (Å²) < 4.78 is 0. The zero-order valence-electron chi connectivity index (χ0n) is 11.4. The molecule has 1 atom stereocenters. The van der Waals surface area contributed by atoms with Crippen molar-refractivity contribution >= 4 is 11.0 Å². The molecule has 1 aromatic heterocycles. The molecule has 4 heteroatoms. The maximum Gasteiger partial charge on any atom is 0.323 e. The van der Waals surface area contributed by atoms with Gasteiger partial charge >= 0.3 is 5.69 Å². The number of hydrogen-bond donors (Lipinski definition) is 2. The van der Waals surface area contributed by atoms with Crippen LogP contribution in [0.15, 0.2) is 23.0 Å². The van der Waals surface area contributed by atoms with Gasteiger partial charge in [0.25, 0.3) is 0 Å². The molecule has 1 unspecified atom stereocenters. The summed E-state index contributed by atoms with van der Waals surface area (Å²) in [5.41, 5.74) is 3.10. The Hall–Kier alpha value is -1.55. The van der Waals surface area contributed by atoms with E-state index in [0.29, 0.717) is 5.92 Å². The van der Waals surface area contributed by atoms with Crippen molar-refractivity contribution in [2.45, 2.75) is 32.1 Å². The van der Waals surface area contributed by atoms with Gasteiger partial charge in [0.15, 0.2) is 0 Å². The van der Waals surface area contributed by atoms with Crippen LogP contribution in [0.3, 0.4) is 0 Å². The molecule has 3 rings (SSSR count). The summed E-state index contributed by atoms with van der Waals surface area (Å²) in [6.45, 7) is 5.73. The first-order chi connectivity index (χ1) is 9.28.